The minimum absolute atomic E-state index is 0.472. The van der Waals surface area contributed by atoms with Gasteiger partial charge in [-0.1, -0.05) is 25.8 Å². The van der Waals surface area contributed by atoms with E-state index in [4.69, 9.17) is 0 Å². The summed E-state index contributed by atoms with van der Waals surface area (Å²) < 4.78 is 0. The van der Waals surface area contributed by atoms with E-state index >= 15 is 0 Å². The lowest BCUT2D eigenvalue weighted by atomic mass is 9.81. The first-order chi connectivity index (χ1) is 10.2. The van der Waals surface area contributed by atoms with E-state index in [1.54, 1.807) is 11.3 Å². The fourth-order valence-electron chi connectivity index (χ4n) is 4.07. The predicted octanol–water partition coefficient (Wildman–Crippen LogP) is 4.25. The van der Waals surface area contributed by atoms with Gasteiger partial charge in [-0.2, -0.15) is 0 Å². The normalized spacial score (nSPS) is 25.2. The minimum atomic E-state index is -0.576. The number of rotatable bonds is 5. The lowest BCUT2D eigenvalue weighted by molar-refractivity contribution is -0.0353. The Hall–Kier alpha value is -0.380. The van der Waals surface area contributed by atoms with Gasteiger partial charge in [-0.25, -0.2) is 0 Å². The topological polar surface area (TPSA) is 23.5 Å². The van der Waals surface area contributed by atoms with Crippen LogP contribution in [0, 0.1) is 11.8 Å². The second-order valence-corrected chi connectivity index (χ2v) is 8.10. The largest absolute Gasteiger partial charge is 0.384 e. The third-order valence-corrected chi connectivity index (χ3v) is 6.70. The summed E-state index contributed by atoms with van der Waals surface area (Å²) in [6, 6.07) is 4.23. The van der Waals surface area contributed by atoms with Gasteiger partial charge in [0.15, 0.2) is 0 Å². The average Bonchev–Trinajstić information content (AvgIpc) is 3.19. The molecule has 1 aromatic heterocycles. The van der Waals surface area contributed by atoms with Gasteiger partial charge >= 0.3 is 0 Å². The number of thiophene rings is 1. The van der Waals surface area contributed by atoms with Gasteiger partial charge in [-0.05, 0) is 68.5 Å². The Morgan fingerprint density at radius 2 is 1.95 bits per heavy atom. The van der Waals surface area contributed by atoms with E-state index in [1.807, 2.05) is 0 Å². The van der Waals surface area contributed by atoms with Crippen molar-refractivity contribution in [3.05, 3.63) is 22.4 Å². The number of piperidine rings is 1. The molecule has 2 aliphatic rings. The molecule has 1 saturated heterocycles. The third-order valence-electron chi connectivity index (χ3n) is 5.66. The maximum absolute atomic E-state index is 11.4. The van der Waals surface area contributed by atoms with E-state index in [2.05, 4.69) is 29.3 Å². The number of hydrogen-bond donors (Lipinski definition) is 1. The summed E-state index contributed by atoms with van der Waals surface area (Å²) in [5.74, 6) is 1.35. The van der Waals surface area contributed by atoms with Gasteiger partial charge in [0, 0.05) is 11.4 Å². The van der Waals surface area contributed by atoms with E-state index in [1.165, 1.54) is 56.5 Å². The molecule has 2 nitrogen and oxygen atoms in total. The van der Waals surface area contributed by atoms with Crippen LogP contribution in [0.4, 0.5) is 0 Å². The molecule has 1 saturated carbocycles. The summed E-state index contributed by atoms with van der Waals surface area (Å²) >= 11 is 1.74. The zero-order valence-corrected chi connectivity index (χ0v) is 14.1. The lowest BCUT2D eigenvalue weighted by Gasteiger charge is -2.37. The van der Waals surface area contributed by atoms with Crippen LogP contribution in [0.25, 0.3) is 0 Å². The Bertz CT molecular complexity index is 418. The van der Waals surface area contributed by atoms with Gasteiger partial charge in [0.1, 0.15) is 5.60 Å². The molecule has 21 heavy (non-hydrogen) atoms. The Kier molecular flexibility index (Phi) is 5.03. The molecule has 1 atom stereocenters. The van der Waals surface area contributed by atoms with E-state index < -0.39 is 5.60 Å². The van der Waals surface area contributed by atoms with Crippen molar-refractivity contribution in [1.29, 1.82) is 0 Å². The number of aliphatic hydroxyl groups is 1. The Labute approximate surface area is 133 Å². The molecule has 0 bridgehead atoms. The molecular formula is C18H29NOS. The molecule has 3 rings (SSSR count). The first-order valence-corrected chi connectivity index (χ1v) is 9.55. The van der Waals surface area contributed by atoms with Crippen molar-refractivity contribution in [3.8, 4) is 0 Å². The van der Waals surface area contributed by atoms with Gasteiger partial charge in [0.05, 0.1) is 0 Å². The highest BCUT2D eigenvalue weighted by molar-refractivity contribution is 7.10. The third kappa shape index (κ3) is 3.52. The Balaban J connectivity index is 1.65. The van der Waals surface area contributed by atoms with E-state index in [-0.39, 0.29) is 0 Å². The maximum atomic E-state index is 11.4. The average molecular weight is 308 g/mol. The summed E-state index contributed by atoms with van der Waals surface area (Å²) in [7, 11) is 0. The van der Waals surface area contributed by atoms with Crippen LogP contribution >= 0.6 is 11.3 Å². The van der Waals surface area contributed by atoms with Gasteiger partial charge in [0.25, 0.3) is 0 Å². The Morgan fingerprint density at radius 1 is 1.24 bits per heavy atom. The van der Waals surface area contributed by atoms with Crippen molar-refractivity contribution in [1.82, 2.24) is 4.90 Å². The van der Waals surface area contributed by atoms with Crippen LogP contribution in [-0.4, -0.2) is 29.6 Å². The molecular weight excluding hydrogens is 278 g/mol. The standard InChI is InChI=1S/C18H29NOS/c1-15-8-11-19(12-9-15)13-10-18(20,16-5-2-3-6-16)17-7-4-14-21-17/h4,7,14-16,20H,2-3,5-6,8-13H2,1H3. The van der Waals surface area contributed by atoms with Crippen LogP contribution in [0.3, 0.4) is 0 Å². The van der Waals surface area contributed by atoms with E-state index in [0.717, 1.165) is 18.9 Å². The van der Waals surface area contributed by atoms with Crippen LogP contribution in [-0.2, 0) is 5.60 Å². The molecule has 0 aromatic carbocycles. The van der Waals surface area contributed by atoms with E-state index in [0.29, 0.717) is 5.92 Å². The number of likely N-dealkylation sites (tertiary alicyclic amines) is 1. The second-order valence-electron chi connectivity index (χ2n) is 7.16. The molecule has 0 amide bonds. The second kappa shape index (κ2) is 6.80. The predicted molar refractivity (Wildman–Crippen MR) is 89.6 cm³/mol. The van der Waals surface area contributed by atoms with Crippen LogP contribution in [0.5, 0.6) is 0 Å². The van der Waals surface area contributed by atoms with Crippen LogP contribution in [0.1, 0.15) is 56.7 Å². The molecule has 2 heterocycles. The molecule has 1 aliphatic heterocycles. The summed E-state index contributed by atoms with van der Waals surface area (Å²) in [6.07, 6.45) is 8.53. The molecule has 1 aliphatic carbocycles. The van der Waals surface area contributed by atoms with Crippen LogP contribution in [0.15, 0.2) is 17.5 Å². The molecule has 3 heteroatoms. The van der Waals surface area contributed by atoms with Gasteiger partial charge < -0.3 is 10.0 Å². The maximum Gasteiger partial charge on any atom is 0.103 e. The van der Waals surface area contributed by atoms with Crippen molar-refractivity contribution in [2.24, 2.45) is 11.8 Å². The monoisotopic (exact) mass is 307 g/mol. The quantitative estimate of drug-likeness (QED) is 0.879. The highest BCUT2D eigenvalue weighted by Crippen LogP contribution is 2.44. The fraction of sp³-hybridized carbons (Fsp3) is 0.778. The highest BCUT2D eigenvalue weighted by Gasteiger charge is 2.40. The molecule has 1 unspecified atom stereocenters. The first kappa shape index (κ1) is 15.5. The van der Waals surface area contributed by atoms with Crippen molar-refractivity contribution in [2.75, 3.05) is 19.6 Å². The van der Waals surface area contributed by atoms with Gasteiger partial charge in [-0.3, -0.25) is 0 Å². The molecule has 1 aromatic rings. The molecule has 2 fully saturated rings. The highest BCUT2D eigenvalue weighted by atomic mass is 32.1. The minimum Gasteiger partial charge on any atom is -0.384 e. The first-order valence-electron chi connectivity index (χ1n) is 8.67. The molecule has 1 N–H and O–H groups in total. The SMILES string of the molecule is CC1CCN(CCC(O)(c2cccs2)C2CCCC2)CC1. The van der Waals surface area contributed by atoms with Crippen molar-refractivity contribution >= 4 is 11.3 Å². The zero-order chi connectivity index (χ0) is 14.7. The van der Waals surface area contributed by atoms with Gasteiger partial charge in [0.2, 0.25) is 0 Å². The number of hydrogen-bond acceptors (Lipinski definition) is 3. The van der Waals surface area contributed by atoms with E-state index in [9.17, 15) is 5.11 Å². The lowest BCUT2D eigenvalue weighted by Crippen LogP contribution is -2.40. The van der Waals surface area contributed by atoms with Crippen molar-refractivity contribution in [3.63, 3.8) is 0 Å². The smallest absolute Gasteiger partial charge is 0.103 e. The number of nitrogens with zero attached hydrogens (tertiary/aromatic N) is 1. The van der Waals surface area contributed by atoms with Crippen LogP contribution < -0.4 is 0 Å². The molecule has 118 valence electrons. The van der Waals surface area contributed by atoms with Crippen molar-refractivity contribution in [2.45, 2.75) is 57.5 Å². The summed E-state index contributed by atoms with van der Waals surface area (Å²) in [5.41, 5.74) is -0.576. The Morgan fingerprint density at radius 3 is 2.57 bits per heavy atom. The summed E-state index contributed by atoms with van der Waals surface area (Å²) in [6.45, 7) is 5.84. The van der Waals surface area contributed by atoms with Crippen LogP contribution in [0.2, 0.25) is 0 Å². The molecule has 0 radical (unpaired) electrons. The summed E-state index contributed by atoms with van der Waals surface area (Å²) in [4.78, 5) is 3.76. The summed E-state index contributed by atoms with van der Waals surface area (Å²) in [5, 5.41) is 13.5. The fourth-order valence-corrected chi connectivity index (χ4v) is 5.00. The van der Waals surface area contributed by atoms with Gasteiger partial charge in [-0.15, -0.1) is 11.3 Å². The van der Waals surface area contributed by atoms with Crippen molar-refractivity contribution < 1.29 is 5.11 Å². The molecule has 0 spiro atoms. The zero-order valence-electron chi connectivity index (χ0n) is 13.3.